The minimum atomic E-state index is -4.09. The fourth-order valence-corrected chi connectivity index (χ4v) is 0.969. The number of hydrogen-bond acceptors (Lipinski definition) is 2. The number of ether oxygens (including phenoxy) is 1. The van der Waals surface area contributed by atoms with Crippen LogP contribution in [0.4, 0.5) is 17.6 Å². The van der Waals surface area contributed by atoms with Gasteiger partial charge < -0.3 is 10.1 Å². The summed E-state index contributed by atoms with van der Waals surface area (Å²) in [6.07, 6.45) is 2.35. The molecule has 0 heterocycles. The summed E-state index contributed by atoms with van der Waals surface area (Å²) in [4.78, 5) is 0. The Kier molecular flexibility index (Phi) is 7.10. The predicted octanol–water partition coefficient (Wildman–Crippen LogP) is 1.90. The van der Waals surface area contributed by atoms with Crippen LogP contribution in [0.3, 0.4) is 0 Å². The standard InChI is InChI=1S/C10H15F4NO/c1-3-4-5-8(15-2)6-16-7-10(13,14)9(11)12/h1,8-9,15H,4-7H2,2H3. The number of rotatable bonds is 8. The van der Waals surface area contributed by atoms with Crippen LogP contribution in [0.5, 0.6) is 0 Å². The van der Waals surface area contributed by atoms with Crippen molar-refractivity contribution >= 4 is 0 Å². The van der Waals surface area contributed by atoms with Crippen LogP contribution in [0.2, 0.25) is 0 Å². The van der Waals surface area contributed by atoms with Crippen LogP contribution in [0.1, 0.15) is 12.8 Å². The van der Waals surface area contributed by atoms with Gasteiger partial charge >= 0.3 is 12.3 Å². The molecule has 0 aliphatic carbocycles. The van der Waals surface area contributed by atoms with Gasteiger partial charge in [-0.05, 0) is 13.5 Å². The maximum atomic E-state index is 12.4. The largest absolute Gasteiger partial charge is 0.373 e. The zero-order chi connectivity index (χ0) is 12.6. The lowest BCUT2D eigenvalue weighted by atomic mass is 10.2. The van der Waals surface area contributed by atoms with Gasteiger partial charge in [-0.25, -0.2) is 8.78 Å². The van der Waals surface area contributed by atoms with Crippen LogP contribution in [-0.4, -0.2) is 38.7 Å². The fourth-order valence-electron chi connectivity index (χ4n) is 0.969. The molecule has 0 saturated heterocycles. The minimum Gasteiger partial charge on any atom is -0.373 e. The van der Waals surface area contributed by atoms with Crippen molar-refractivity contribution < 1.29 is 22.3 Å². The van der Waals surface area contributed by atoms with Gasteiger partial charge in [0, 0.05) is 12.5 Å². The Bertz CT molecular complexity index is 227. The molecule has 0 bridgehead atoms. The van der Waals surface area contributed by atoms with Gasteiger partial charge in [0.05, 0.1) is 6.61 Å². The smallest absolute Gasteiger partial charge is 0.330 e. The highest BCUT2D eigenvalue weighted by atomic mass is 19.3. The van der Waals surface area contributed by atoms with Crippen LogP contribution in [0, 0.1) is 12.3 Å². The monoisotopic (exact) mass is 241 g/mol. The normalized spacial score (nSPS) is 13.8. The molecule has 0 aromatic rings. The molecule has 0 saturated carbocycles. The van der Waals surface area contributed by atoms with Crippen molar-refractivity contribution in [2.75, 3.05) is 20.3 Å². The van der Waals surface area contributed by atoms with E-state index in [-0.39, 0.29) is 12.6 Å². The molecule has 0 aliphatic rings. The van der Waals surface area contributed by atoms with E-state index >= 15 is 0 Å². The molecule has 1 atom stereocenters. The minimum absolute atomic E-state index is 0.0690. The van der Waals surface area contributed by atoms with Crippen molar-refractivity contribution in [1.29, 1.82) is 0 Å². The zero-order valence-corrected chi connectivity index (χ0v) is 8.98. The molecule has 0 rings (SSSR count). The lowest BCUT2D eigenvalue weighted by Gasteiger charge is -2.19. The summed E-state index contributed by atoms with van der Waals surface area (Å²) >= 11 is 0. The summed E-state index contributed by atoms with van der Waals surface area (Å²) in [5.41, 5.74) is 0. The molecule has 0 amide bonds. The van der Waals surface area contributed by atoms with Crippen molar-refractivity contribution in [3.63, 3.8) is 0 Å². The number of likely N-dealkylation sites (N-methyl/N-ethyl adjacent to an activating group) is 1. The van der Waals surface area contributed by atoms with E-state index in [2.05, 4.69) is 16.0 Å². The molecule has 0 fully saturated rings. The summed E-state index contributed by atoms with van der Waals surface area (Å²) in [5, 5.41) is 2.80. The van der Waals surface area contributed by atoms with Crippen LogP contribution < -0.4 is 5.32 Å². The molecule has 6 heteroatoms. The van der Waals surface area contributed by atoms with Gasteiger partial charge in [-0.1, -0.05) is 0 Å². The first kappa shape index (κ1) is 15.2. The van der Waals surface area contributed by atoms with E-state index in [0.717, 1.165) is 0 Å². The van der Waals surface area contributed by atoms with E-state index in [1.54, 1.807) is 7.05 Å². The Morgan fingerprint density at radius 1 is 1.44 bits per heavy atom. The van der Waals surface area contributed by atoms with E-state index in [1.165, 1.54) is 0 Å². The molecule has 2 nitrogen and oxygen atoms in total. The number of halogens is 4. The van der Waals surface area contributed by atoms with E-state index in [1.807, 2.05) is 0 Å². The fraction of sp³-hybridized carbons (Fsp3) is 0.800. The SMILES string of the molecule is C#CCCC(COCC(F)(F)C(F)F)NC. The maximum Gasteiger partial charge on any atom is 0.330 e. The Hall–Kier alpha value is -0.800. The van der Waals surface area contributed by atoms with Gasteiger partial charge in [0.15, 0.2) is 0 Å². The third-order valence-corrected chi connectivity index (χ3v) is 1.98. The average molecular weight is 241 g/mol. The van der Waals surface area contributed by atoms with Crippen LogP contribution >= 0.6 is 0 Å². The van der Waals surface area contributed by atoms with E-state index in [0.29, 0.717) is 12.8 Å². The molecule has 0 aromatic heterocycles. The maximum absolute atomic E-state index is 12.4. The lowest BCUT2D eigenvalue weighted by molar-refractivity contribution is -0.167. The summed E-state index contributed by atoms with van der Waals surface area (Å²) in [6, 6.07) is -0.204. The highest BCUT2D eigenvalue weighted by Crippen LogP contribution is 2.22. The molecule has 0 radical (unpaired) electrons. The Morgan fingerprint density at radius 3 is 2.50 bits per heavy atom. The second kappa shape index (κ2) is 7.47. The first-order valence-electron chi connectivity index (χ1n) is 4.78. The molecule has 1 N–H and O–H groups in total. The van der Waals surface area contributed by atoms with Gasteiger partial charge in [-0.3, -0.25) is 0 Å². The second-order valence-electron chi connectivity index (χ2n) is 3.31. The van der Waals surface area contributed by atoms with Crippen molar-refractivity contribution in [3.8, 4) is 12.3 Å². The van der Waals surface area contributed by atoms with Gasteiger partial charge in [0.1, 0.15) is 6.61 Å². The Balaban J connectivity index is 3.82. The molecule has 0 spiro atoms. The first-order valence-corrected chi connectivity index (χ1v) is 4.78. The van der Waals surface area contributed by atoms with E-state index in [9.17, 15) is 17.6 Å². The van der Waals surface area contributed by atoms with Crippen LogP contribution in [-0.2, 0) is 4.74 Å². The third-order valence-electron chi connectivity index (χ3n) is 1.98. The lowest BCUT2D eigenvalue weighted by Crippen LogP contribution is -2.36. The third kappa shape index (κ3) is 5.93. The highest BCUT2D eigenvalue weighted by molar-refractivity contribution is 4.85. The quantitative estimate of drug-likeness (QED) is 0.517. The zero-order valence-electron chi connectivity index (χ0n) is 8.98. The van der Waals surface area contributed by atoms with E-state index in [4.69, 9.17) is 6.42 Å². The van der Waals surface area contributed by atoms with Gasteiger partial charge in [-0.2, -0.15) is 8.78 Å². The van der Waals surface area contributed by atoms with Crippen molar-refractivity contribution in [1.82, 2.24) is 5.32 Å². The van der Waals surface area contributed by atoms with Crippen molar-refractivity contribution in [2.45, 2.75) is 31.2 Å². The number of nitrogens with one attached hydrogen (secondary N) is 1. The average Bonchev–Trinajstić information content (AvgIpc) is 2.22. The Morgan fingerprint density at radius 2 is 2.06 bits per heavy atom. The molecular weight excluding hydrogens is 226 g/mol. The number of alkyl halides is 4. The van der Waals surface area contributed by atoms with Crippen LogP contribution in [0.15, 0.2) is 0 Å². The van der Waals surface area contributed by atoms with Gasteiger partial charge in [0.2, 0.25) is 0 Å². The summed E-state index contributed by atoms with van der Waals surface area (Å²) < 4.78 is 52.9. The first-order chi connectivity index (χ1) is 7.44. The molecular formula is C10H15F4NO. The summed E-state index contributed by atoms with van der Waals surface area (Å²) in [5.74, 6) is -1.70. The van der Waals surface area contributed by atoms with Crippen LogP contribution in [0.25, 0.3) is 0 Å². The highest BCUT2D eigenvalue weighted by Gasteiger charge is 2.41. The molecule has 16 heavy (non-hydrogen) atoms. The predicted molar refractivity (Wildman–Crippen MR) is 52.7 cm³/mol. The number of terminal acetylenes is 1. The molecule has 94 valence electrons. The number of hydrogen-bond donors (Lipinski definition) is 1. The van der Waals surface area contributed by atoms with Crippen molar-refractivity contribution in [3.05, 3.63) is 0 Å². The Labute approximate surface area is 92.3 Å². The van der Waals surface area contributed by atoms with Gasteiger partial charge in [-0.15, -0.1) is 12.3 Å². The topological polar surface area (TPSA) is 21.3 Å². The molecule has 0 aromatic carbocycles. The molecule has 1 unspecified atom stereocenters. The summed E-state index contributed by atoms with van der Waals surface area (Å²) in [6.45, 7) is -1.35. The second-order valence-corrected chi connectivity index (χ2v) is 3.31. The summed E-state index contributed by atoms with van der Waals surface area (Å²) in [7, 11) is 1.62. The van der Waals surface area contributed by atoms with Gasteiger partial charge in [0.25, 0.3) is 0 Å². The van der Waals surface area contributed by atoms with Crippen molar-refractivity contribution in [2.24, 2.45) is 0 Å². The molecule has 0 aliphatic heterocycles. The van der Waals surface area contributed by atoms with E-state index < -0.39 is 19.0 Å².